The summed E-state index contributed by atoms with van der Waals surface area (Å²) in [5.41, 5.74) is 34.5. The van der Waals surface area contributed by atoms with E-state index >= 15 is 0 Å². The third-order valence-corrected chi connectivity index (χ3v) is 32.2. The first-order chi connectivity index (χ1) is 73.3. The van der Waals surface area contributed by atoms with E-state index in [1.54, 1.807) is 0 Å². The highest BCUT2D eigenvalue weighted by molar-refractivity contribution is 5.94. The van der Waals surface area contributed by atoms with Crippen LogP contribution in [-0.4, -0.2) is 39.9 Å². The quantitative estimate of drug-likeness (QED) is 0.0335. The van der Waals surface area contributed by atoms with Crippen molar-refractivity contribution >= 4 is 0 Å². The fraction of sp³-hybridized carbons (Fsp3) is 0.353. The molecule has 0 unspecified atom stereocenters. The number of ether oxygens (including phenoxy) is 4. The molecule has 0 saturated heterocycles. The first-order valence-corrected chi connectivity index (χ1v) is 56.8. The Hall–Kier alpha value is -13.8. The Morgan fingerprint density at radius 2 is 0.324 bits per heavy atom. The Kier molecular flexibility index (Phi) is 33.1. The van der Waals surface area contributed by atoms with Gasteiger partial charge < -0.3 is 18.9 Å². The molecule has 20 rings (SSSR count). The summed E-state index contributed by atoms with van der Waals surface area (Å²) in [6, 6.07) is 89.2. The van der Waals surface area contributed by atoms with Gasteiger partial charge in [0.2, 0.25) is 0 Å². The van der Waals surface area contributed by atoms with Crippen LogP contribution in [0.1, 0.15) is 353 Å². The molecule has 0 fully saturated rings. The lowest BCUT2D eigenvalue weighted by Gasteiger charge is -2.43. The van der Waals surface area contributed by atoms with Gasteiger partial charge in [-0.05, 0) is 165 Å². The van der Waals surface area contributed by atoms with Crippen molar-refractivity contribution in [2.75, 3.05) is 0 Å². The van der Waals surface area contributed by atoms with E-state index < -0.39 is 0 Å². The van der Waals surface area contributed by atoms with Crippen LogP contribution in [0, 0.1) is 0 Å². The van der Waals surface area contributed by atoms with Gasteiger partial charge in [-0.25, -0.2) is 0 Å². The Labute approximate surface area is 878 Å². The highest BCUT2D eigenvalue weighted by Crippen LogP contribution is 2.69. The minimum Gasteiger partial charge on any atom is -0.456 e. The number of benzene rings is 8. The van der Waals surface area contributed by atoms with Gasteiger partial charge in [0.05, 0.1) is 45.6 Å². The minimum atomic E-state index is -0.185. The SMILES string of the molecule is CCCCCCCCCCCC1c2c3cc4c(c2-c2ccc(-c5ccc(-c6ccccn6)nc5)cc2)C(CCCCCCCCCCC)c2c(cc5c(c2-c2ccc(-c6ccc(-c7ccccn7)nc6)cc2)C(CCCCCCCCCCC)c2c(cc6c(c2-c2ccc(-c7ccc(-c8ccccn8)nc7)cc2)C(CCCCCCCCCCC)c2c(cc(c1c2-c1ccc(-c2ccc(-c7ccccn7)nc2)cc1)O3)O6)O5)O4. The van der Waals surface area contributed by atoms with E-state index in [0.717, 1.165) is 235 Å². The summed E-state index contributed by atoms with van der Waals surface area (Å²) in [5, 5.41) is 0. The molecule has 4 aliphatic rings. The minimum absolute atomic E-state index is 0.185. The number of rotatable bonds is 52. The van der Waals surface area contributed by atoms with Crippen LogP contribution in [0.2, 0.25) is 0 Å². The lowest BCUT2D eigenvalue weighted by Crippen LogP contribution is -2.24. The monoisotopic (exact) mass is 1950 g/mol. The number of hydrogen-bond donors (Lipinski definition) is 0. The number of aromatic nitrogens is 8. The van der Waals surface area contributed by atoms with Crippen LogP contribution in [0.4, 0.5) is 0 Å². The Morgan fingerprint density at radius 3 is 0.486 bits per heavy atom. The lowest BCUT2D eigenvalue weighted by molar-refractivity contribution is 0.390. The van der Waals surface area contributed by atoms with Gasteiger partial charge in [0, 0.05) is 164 Å². The van der Waals surface area contributed by atoms with Crippen LogP contribution < -0.4 is 18.9 Å². The van der Waals surface area contributed by atoms with E-state index in [0.29, 0.717) is 0 Å². The predicted molar refractivity (Wildman–Crippen MR) is 608 cm³/mol. The molecule has 0 atom stereocenters. The molecule has 0 bridgehead atoms. The van der Waals surface area contributed by atoms with Crippen molar-refractivity contribution in [2.45, 2.75) is 308 Å². The molecular formula is C136H144N8O4. The third-order valence-electron chi connectivity index (χ3n) is 32.2. The van der Waals surface area contributed by atoms with Crippen LogP contribution in [0.5, 0.6) is 46.0 Å². The van der Waals surface area contributed by atoms with Gasteiger partial charge in [-0.1, -0.05) is 404 Å². The second-order valence-corrected chi connectivity index (χ2v) is 42.3. The Bertz CT molecular complexity index is 6120. The molecule has 0 aliphatic carbocycles. The summed E-state index contributed by atoms with van der Waals surface area (Å²) < 4.78 is 33.1. The number of fused-ring (bicyclic) bond motifs is 8. The zero-order valence-corrected chi connectivity index (χ0v) is 87.5. The molecule has 0 spiro atoms. The standard InChI is InChI=1S/C136H144N8O4/c1-5-9-13-17-21-25-29-33-37-49-105-129-117-85-119-131(125(129)97-65-57-93(58-66-97)101-73-77-113(141-89-101)109-53-41-45-81-137-109)106(50-38-34-30-26-22-18-14-10-6-2)133-121(146-119)87-123-135(127(133)99-69-61-95(62-70-99)103-75-79-115(143-91-103)111-55-43-47-83-139-111)108(52-40-36-32-28-24-20-16-12-8-4)136-124(148-123)88-122-134(128(136)100-71-63-96(64-72-100)104-76-80-116(144-92-104)112-56-44-48-84-140-112)107(51-39-35-31-27-23-19-15-11-7-3)132-120(147-122)86-118(145-117)130(105)126(132)98-67-59-94(60-68-98)102-74-78-114(142-90-102)110-54-42-46-82-138-110/h41-48,53-92,105-108H,5-40,49-52H2,1-4H3. The van der Waals surface area contributed by atoms with E-state index in [1.807, 2.05) is 122 Å². The highest BCUT2D eigenvalue weighted by atomic mass is 16.5. The lowest BCUT2D eigenvalue weighted by atomic mass is 9.67. The summed E-state index contributed by atoms with van der Waals surface area (Å²) >= 11 is 0. The molecule has 12 heterocycles. The number of nitrogens with zero attached hydrogens (tertiary/aromatic N) is 8. The first kappa shape index (κ1) is 100. The average Bonchev–Trinajstić information content (AvgIpc) is 0.681. The number of unbranched alkanes of at least 4 members (excludes halogenated alkanes) is 32. The van der Waals surface area contributed by atoms with Crippen molar-refractivity contribution in [2.24, 2.45) is 0 Å². The molecule has 8 aromatic carbocycles. The smallest absolute Gasteiger partial charge is 0.135 e. The van der Waals surface area contributed by atoms with E-state index in [-0.39, 0.29) is 23.7 Å². The summed E-state index contributed by atoms with van der Waals surface area (Å²) in [6.45, 7) is 9.32. The zero-order chi connectivity index (χ0) is 100. The summed E-state index contributed by atoms with van der Waals surface area (Å²) in [4.78, 5) is 39.4. The van der Waals surface area contributed by atoms with Crippen LogP contribution in [0.15, 0.2) is 292 Å². The maximum Gasteiger partial charge on any atom is 0.135 e. The van der Waals surface area contributed by atoms with E-state index in [1.165, 1.54) is 247 Å². The maximum absolute atomic E-state index is 8.28. The van der Waals surface area contributed by atoms with Gasteiger partial charge in [0.15, 0.2) is 0 Å². The molecule has 0 radical (unpaired) electrons. The molecule has 0 amide bonds. The van der Waals surface area contributed by atoms with Gasteiger partial charge in [0.1, 0.15) is 46.0 Å². The zero-order valence-electron chi connectivity index (χ0n) is 87.5. The molecule has 8 aromatic heterocycles. The summed E-state index contributed by atoms with van der Waals surface area (Å²) in [5.74, 6) is 5.89. The molecule has 148 heavy (non-hydrogen) atoms. The Morgan fingerprint density at radius 1 is 0.162 bits per heavy atom. The molecule has 12 heteroatoms. The van der Waals surface area contributed by atoms with Crippen molar-refractivity contribution in [1.29, 1.82) is 0 Å². The summed E-state index contributed by atoms with van der Waals surface area (Å²) in [7, 11) is 0. The topological polar surface area (TPSA) is 140 Å². The van der Waals surface area contributed by atoms with Crippen LogP contribution in [0.3, 0.4) is 0 Å². The van der Waals surface area contributed by atoms with E-state index in [9.17, 15) is 0 Å². The average molecular weight is 1950 g/mol. The van der Waals surface area contributed by atoms with Crippen molar-refractivity contribution in [3.63, 3.8) is 0 Å². The van der Waals surface area contributed by atoms with Crippen LogP contribution in [-0.2, 0) is 0 Å². The molecule has 0 saturated carbocycles. The number of hydrogen-bond acceptors (Lipinski definition) is 12. The maximum atomic E-state index is 8.28. The first-order valence-electron chi connectivity index (χ1n) is 56.8. The fourth-order valence-electron chi connectivity index (χ4n) is 24.4. The van der Waals surface area contributed by atoms with E-state index in [2.05, 4.69) is 198 Å². The predicted octanol–water partition coefficient (Wildman–Crippen LogP) is 39.8. The molecule has 0 N–H and O–H groups in total. The summed E-state index contributed by atoms with van der Waals surface area (Å²) in [6.07, 6.45) is 62.6. The molecular weight excluding hydrogens is 1810 g/mol. The van der Waals surface area contributed by atoms with Crippen molar-refractivity contribution in [3.05, 3.63) is 337 Å². The highest BCUT2D eigenvalue weighted by Gasteiger charge is 2.48. The largest absolute Gasteiger partial charge is 0.456 e. The third kappa shape index (κ3) is 22.5. The molecule has 4 aliphatic heterocycles. The van der Waals surface area contributed by atoms with Crippen molar-refractivity contribution < 1.29 is 18.9 Å². The van der Waals surface area contributed by atoms with Gasteiger partial charge >= 0.3 is 0 Å². The van der Waals surface area contributed by atoms with Gasteiger partial charge in [-0.3, -0.25) is 39.9 Å². The van der Waals surface area contributed by atoms with Crippen LogP contribution >= 0.6 is 0 Å². The molecule has 16 aromatic rings. The van der Waals surface area contributed by atoms with Crippen LogP contribution in [0.25, 0.3) is 135 Å². The van der Waals surface area contributed by atoms with Gasteiger partial charge in [-0.2, -0.15) is 0 Å². The van der Waals surface area contributed by atoms with E-state index in [4.69, 9.17) is 58.8 Å². The second kappa shape index (κ2) is 48.9. The van der Waals surface area contributed by atoms with Gasteiger partial charge in [0.25, 0.3) is 0 Å². The molecule has 752 valence electrons. The number of pyridine rings is 8. The second-order valence-electron chi connectivity index (χ2n) is 42.3. The fourth-order valence-corrected chi connectivity index (χ4v) is 24.4. The van der Waals surface area contributed by atoms with Crippen molar-refractivity contribution in [3.8, 4) is 181 Å². The van der Waals surface area contributed by atoms with Crippen molar-refractivity contribution in [1.82, 2.24) is 39.9 Å². The normalized spacial score (nSPS) is 14.6. The Balaban J connectivity index is 0.841. The van der Waals surface area contributed by atoms with Gasteiger partial charge in [-0.15, -0.1) is 0 Å². The molecule has 12 nitrogen and oxygen atoms in total.